The molecule has 0 radical (unpaired) electrons. The van der Waals surface area contributed by atoms with E-state index < -0.39 is 12.1 Å². The Morgan fingerprint density at radius 3 is 2.88 bits per heavy atom. The van der Waals surface area contributed by atoms with Crippen molar-refractivity contribution in [3.8, 4) is 0 Å². The highest BCUT2D eigenvalue weighted by Gasteiger charge is 2.27. The molecule has 4 nitrogen and oxygen atoms in total. The Morgan fingerprint density at radius 1 is 1.47 bits per heavy atom. The van der Waals surface area contributed by atoms with E-state index >= 15 is 0 Å². The zero-order valence-electron chi connectivity index (χ0n) is 8.96. The number of thiazole rings is 1. The normalized spacial score (nSPS) is 17.2. The predicted octanol–water partition coefficient (Wildman–Crippen LogP) is 2.29. The number of fused-ring (bicyclic) bond motifs is 1. The van der Waals surface area contributed by atoms with Crippen LogP contribution >= 0.6 is 11.3 Å². The van der Waals surface area contributed by atoms with Crippen molar-refractivity contribution in [1.82, 2.24) is 4.98 Å². The first-order valence-electron chi connectivity index (χ1n) is 5.46. The van der Waals surface area contributed by atoms with Crippen LogP contribution in [0.1, 0.15) is 35.4 Å². The van der Waals surface area contributed by atoms with E-state index in [1.54, 1.807) is 23.5 Å². The van der Waals surface area contributed by atoms with Gasteiger partial charge in [0.2, 0.25) is 0 Å². The van der Waals surface area contributed by atoms with Gasteiger partial charge < -0.3 is 10.2 Å². The largest absolute Gasteiger partial charge is 0.479 e. The van der Waals surface area contributed by atoms with Gasteiger partial charge >= 0.3 is 5.97 Å². The third-order valence-electron chi connectivity index (χ3n) is 2.90. The van der Waals surface area contributed by atoms with Gasteiger partial charge in [0.1, 0.15) is 0 Å². The summed E-state index contributed by atoms with van der Waals surface area (Å²) in [5.74, 6) is -0.637. The summed E-state index contributed by atoms with van der Waals surface area (Å²) in [6.07, 6.45) is 0.931. The molecule has 0 spiro atoms. The standard InChI is InChI=1S/C12H11NO3S/c14-10(12(15)16)7-3-4-9-8(5-7)13-11(17-9)6-1-2-6/h3-6,10,14H,1-2H2,(H,15,16). The first-order chi connectivity index (χ1) is 8.15. The summed E-state index contributed by atoms with van der Waals surface area (Å²) in [4.78, 5) is 15.2. The topological polar surface area (TPSA) is 70.4 Å². The van der Waals surface area contributed by atoms with Crippen molar-refractivity contribution in [2.45, 2.75) is 24.9 Å². The summed E-state index contributed by atoms with van der Waals surface area (Å²) in [5, 5.41) is 19.3. The fourth-order valence-corrected chi connectivity index (χ4v) is 2.90. The summed E-state index contributed by atoms with van der Waals surface area (Å²) in [6.45, 7) is 0. The maximum Gasteiger partial charge on any atom is 0.337 e. The highest BCUT2D eigenvalue weighted by atomic mass is 32.1. The van der Waals surface area contributed by atoms with Crippen LogP contribution in [0.15, 0.2) is 18.2 Å². The van der Waals surface area contributed by atoms with Crippen LogP contribution in [0.25, 0.3) is 10.2 Å². The van der Waals surface area contributed by atoms with E-state index in [4.69, 9.17) is 5.11 Å². The smallest absolute Gasteiger partial charge is 0.337 e. The number of hydrogen-bond acceptors (Lipinski definition) is 4. The van der Waals surface area contributed by atoms with Crippen molar-refractivity contribution < 1.29 is 15.0 Å². The Kier molecular flexibility index (Phi) is 2.38. The monoisotopic (exact) mass is 249 g/mol. The fourth-order valence-electron chi connectivity index (χ4n) is 1.78. The lowest BCUT2D eigenvalue weighted by atomic mass is 10.1. The van der Waals surface area contributed by atoms with Crippen molar-refractivity contribution in [2.24, 2.45) is 0 Å². The molecule has 1 saturated carbocycles. The molecule has 0 saturated heterocycles. The first kappa shape index (κ1) is 10.7. The predicted molar refractivity (Wildman–Crippen MR) is 64.2 cm³/mol. The molecule has 1 heterocycles. The number of aliphatic carboxylic acids is 1. The molecule has 3 rings (SSSR count). The number of carboxylic acids is 1. The maximum atomic E-state index is 10.7. The Hall–Kier alpha value is -1.46. The minimum Gasteiger partial charge on any atom is -0.479 e. The summed E-state index contributed by atoms with van der Waals surface area (Å²) in [6, 6.07) is 5.15. The van der Waals surface area contributed by atoms with E-state index in [2.05, 4.69) is 4.98 Å². The number of rotatable bonds is 3. The quantitative estimate of drug-likeness (QED) is 0.875. The van der Waals surface area contributed by atoms with Crippen molar-refractivity contribution >= 4 is 27.5 Å². The highest BCUT2D eigenvalue weighted by Crippen LogP contribution is 2.43. The molecule has 0 aliphatic heterocycles. The summed E-state index contributed by atoms with van der Waals surface area (Å²) < 4.78 is 1.05. The highest BCUT2D eigenvalue weighted by molar-refractivity contribution is 7.18. The van der Waals surface area contributed by atoms with E-state index in [0.29, 0.717) is 11.5 Å². The lowest BCUT2D eigenvalue weighted by Crippen LogP contribution is -2.10. The number of carboxylic acid groups (broad SMARTS) is 1. The Balaban J connectivity index is 2.02. The molecule has 5 heteroatoms. The van der Waals surface area contributed by atoms with E-state index in [1.807, 2.05) is 6.07 Å². The molecular weight excluding hydrogens is 238 g/mol. The van der Waals surface area contributed by atoms with Crippen molar-refractivity contribution in [1.29, 1.82) is 0 Å². The molecule has 1 aromatic heterocycles. The second-order valence-corrected chi connectivity index (χ2v) is 5.36. The van der Waals surface area contributed by atoms with Gasteiger partial charge in [0, 0.05) is 5.92 Å². The molecule has 1 unspecified atom stereocenters. The second kappa shape index (κ2) is 3.78. The van der Waals surface area contributed by atoms with Crippen LogP contribution < -0.4 is 0 Å². The summed E-state index contributed by atoms with van der Waals surface area (Å²) in [7, 11) is 0. The summed E-state index contributed by atoms with van der Waals surface area (Å²) in [5.41, 5.74) is 1.17. The SMILES string of the molecule is O=C(O)C(O)c1ccc2sc(C3CC3)nc2c1. The molecule has 17 heavy (non-hydrogen) atoms. The maximum absolute atomic E-state index is 10.7. The van der Waals surface area contributed by atoms with Gasteiger partial charge in [-0.2, -0.15) is 0 Å². The van der Waals surface area contributed by atoms with E-state index in [1.165, 1.54) is 12.8 Å². The molecule has 1 aliphatic rings. The van der Waals surface area contributed by atoms with Crippen LogP contribution in [0, 0.1) is 0 Å². The lowest BCUT2D eigenvalue weighted by Gasteiger charge is -2.04. The zero-order valence-corrected chi connectivity index (χ0v) is 9.78. The fraction of sp³-hybridized carbons (Fsp3) is 0.333. The third-order valence-corrected chi connectivity index (χ3v) is 4.10. The molecule has 0 amide bonds. The Labute approximate surface area is 102 Å². The van der Waals surface area contributed by atoms with Crippen LogP contribution in [-0.2, 0) is 4.79 Å². The Bertz CT molecular complexity index is 588. The minimum absolute atomic E-state index is 0.387. The van der Waals surface area contributed by atoms with E-state index in [-0.39, 0.29) is 0 Å². The van der Waals surface area contributed by atoms with Crippen molar-refractivity contribution in [3.63, 3.8) is 0 Å². The van der Waals surface area contributed by atoms with Crippen LogP contribution in [0.4, 0.5) is 0 Å². The third kappa shape index (κ3) is 1.92. The van der Waals surface area contributed by atoms with Crippen LogP contribution in [0.3, 0.4) is 0 Å². The minimum atomic E-state index is -1.47. The average Bonchev–Trinajstić information content (AvgIpc) is 3.07. The van der Waals surface area contributed by atoms with Gasteiger partial charge in [0.15, 0.2) is 6.10 Å². The van der Waals surface area contributed by atoms with Crippen LogP contribution in [0.5, 0.6) is 0 Å². The lowest BCUT2D eigenvalue weighted by molar-refractivity contribution is -0.146. The summed E-state index contributed by atoms with van der Waals surface area (Å²) >= 11 is 1.66. The van der Waals surface area contributed by atoms with Gasteiger partial charge in [-0.3, -0.25) is 0 Å². The molecule has 0 bridgehead atoms. The number of hydrogen-bond donors (Lipinski definition) is 2. The number of aliphatic hydroxyl groups is 1. The first-order valence-corrected chi connectivity index (χ1v) is 6.28. The van der Waals surface area contributed by atoms with Gasteiger partial charge in [-0.05, 0) is 30.5 Å². The van der Waals surface area contributed by atoms with Gasteiger partial charge in [0.25, 0.3) is 0 Å². The number of aromatic nitrogens is 1. The van der Waals surface area contributed by atoms with Crippen molar-refractivity contribution in [3.05, 3.63) is 28.8 Å². The Morgan fingerprint density at radius 2 is 2.24 bits per heavy atom. The molecule has 1 aliphatic carbocycles. The zero-order chi connectivity index (χ0) is 12.0. The van der Waals surface area contributed by atoms with E-state index in [9.17, 15) is 9.90 Å². The number of benzene rings is 1. The molecule has 88 valence electrons. The molecule has 1 fully saturated rings. The van der Waals surface area contributed by atoms with Crippen molar-refractivity contribution in [2.75, 3.05) is 0 Å². The second-order valence-electron chi connectivity index (χ2n) is 4.29. The molecule has 1 aromatic carbocycles. The number of aliphatic hydroxyl groups excluding tert-OH is 1. The molecular formula is C12H11NO3S. The van der Waals surface area contributed by atoms with Gasteiger partial charge in [-0.25, -0.2) is 9.78 Å². The molecule has 2 aromatic rings. The van der Waals surface area contributed by atoms with Crippen LogP contribution in [0.2, 0.25) is 0 Å². The molecule has 1 atom stereocenters. The molecule has 2 N–H and O–H groups in total. The number of nitrogens with zero attached hydrogens (tertiary/aromatic N) is 1. The average molecular weight is 249 g/mol. The van der Waals surface area contributed by atoms with Gasteiger partial charge in [-0.1, -0.05) is 6.07 Å². The van der Waals surface area contributed by atoms with Crippen LogP contribution in [-0.4, -0.2) is 21.2 Å². The van der Waals surface area contributed by atoms with Gasteiger partial charge in [0.05, 0.1) is 15.2 Å². The number of carbonyl (C=O) groups is 1. The van der Waals surface area contributed by atoms with Gasteiger partial charge in [-0.15, -0.1) is 11.3 Å². The van der Waals surface area contributed by atoms with E-state index in [0.717, 1.165) is 15.2 Å².